The normalized spacial score (nSPS) is 11.1. The highest BCUT2D eigenvalue weighted by atomic mass is 16.5. The summed E-state index contributed by atoms with van der Waals surface area (Å²) >= 11 is 0. The molecule has 2 aromatic carbocycles. The summed E-state index contributed by atoms with van der Waals surface area (Å²) in [6, 6.07) is 14.6. The van der Waals surface area contributed by atoms with E-state index in [1.54, 1.807) is 0 Å². The molecule has 0 bridgehead atoms. The molecule has 2 rings (SSSR count). The molecule has 0 fully saturated rings. The zero-order valence-electron chi connectivity index (χ0n) is 11.1. The fraction of sp³-hybridized carbons (Fsp3) is 0.375. The van der Waals surface area contributed by atoms with Gasteiger partial charge in [-0.05, 0) is 35.4 Å². The Morgan fingerprint density at radius 2 is 1.83 bits per heavy atom. The van der Waals surface area contributed by atoms with E-state index >= 15 is 0 Å². The van der Waals surface area contributed by atoms with Gasteiger partial charge in [-0.3, -0.25) is 0 Å². The molecular formula is C16H21NO. The molecule has 96 valence electrons. The van der Waals surface area contributed by atoms with Crippen LogP contribution in [-0.2, 0) is 0 Å². The predicted octanol–water partition coefficient (Wildman–Crippen LogP) is 3.46. The number of hydrogen-bond donors (Lipinski definition) is 1. The Balaban J connectivity index is 1.84. The Labute approximate surface area is 109 Å². The first-order valence-corrected chi connectivity index (χ1v) is 6.58. The summed E-state index contributed by atoms with van der Waals surface area (Å²) in [5, 5.41) is 5.85. The van der Waals surface area contributed by atoms with E-state index in [-0.39, 0.29) is 0 Å². The smallest absolute Gasteiger partial charge is 0.120 e. The number of fused-ring (bicyclic) bond motifs is 1. The minimum atomic E-state index is 0.686. The van der Waals surface area contributed by atoms with E-state index in [0.29, 0.717) is 12.5 Å². The minimum absolute atomic E-state index is 0.686. The number of benzene rings is 2. The molecule has 0 aromatic heterocycles. The van der Waals surface area contributed by atoms with Crippen LogP contribution in [0.5, 0.6) is 5.75 Å². The minimum Gasteiger partial charge on any atom is -0.492 e. The van der Waals surface area contributed by atoms with Gasteiger partial charge in [0.25, 0.3) is 0 Å². The van der Waals surface area contributed by atoms with Crippen LogP contribution in [0, 0.1) is 5.92 Å². The zero-order valence-corrected chi connectivity index (χ0v) is 11.1. The second-order valence-electron chi connectivity index (χ2n) is 4.96. The fourth-order valence-electron chi connectivity index (χ4n) is 1.89. The lowest BCUT2D eigenvalue weighted by Crippen LogP contribution is -2.24. The Hall–Kier alpha value is -1.54. The molecular weight excluding hydrogens is 222 g/mol. The molecule has 0 spiro atoms. The van der Waals surface area contributed by atoms with Crippen LogP contribution in [0.25, 0.3) is 10.8 Å². The molecule has 18 heavy (non-hydrogen) atoms. The Morgan fingerprint density at radius 3 is 2.61 bits per heavy atom. The molecule has 2 nitrogen and oxygen atoms in total. The van der Waals surface area contributed by atoms with Crippen molar-refractivity contribution in [2.24, 2.45) is 5.92 Å². The van der Waals surface area contributed by atoms with Crippen LogP contribution >= 0.6 is 0 Å². The van der Waals surface area contributed by atoms with Gasteiger partial charge in [-0.25, -0.2) is 0 Å². The molecule has 0 heterocycles. The highest BCUT2D eigenvalue weighted by molar-refractivity contribution is 5.83. The largest absolute Gasteiger partial charge is 0.492 e. The molecule has 0 saturated carbocycles. The summed E-state index contributed by atoms with van der Waals surface area (Å²) in [5.41, 5.74) is 0. The molecule has 0 aliphatic carbocycles. The molecule has 0 amide bonds. The van der Waals surface area contributed by atoms with E-state index in [9.17, 15) is 0 Å². The summed E-state index contributed by atoms with van der Waals surface area (Å²) in [5.74, 6) is 1.63. The monoisotopic (exact) mass is 243 g/mol. The van der Waals surface area contributed by atoms with Crippen molar-refractivity contribution in [1.82, 2.24) is 5.32 Å². The third-order valence-electron chi connectivity index (χ3n) is 2.82. The zero-order chi connectivity index (χ0) is 12.8. The van der Waals surface area contributed by atoms with Crippen molar-refractivity contribution in [3.63, 3.8) is 0 Å². The molecule has 0 aliphatic heterocycles. The number of rotatable bonds is 6. The van der Waals surface area contributed by atoms with Gasteiger partial charge in [-0.15, -0.1) is 0 Å². The molecule has 0 atom stereocenters. The summed E-state index contributed by atoms with van der Waals surface area (Å²) in [7, 11) is 0. The van der Waals surface area contributed by atoms with Crippen molar-refractivity contribution in [3.05, 3.63) is 42.5 Å². The van der Waals surface area contributed by atoms with Crippen molar-refractivity contribution in [2.75, 3.05) is 19.7 Å². The Kier molecular flexibility index (Phi) is 4.59. The van der Waals surface area contributed by atoms with Gasteiger partial charge in [-0.2, -0.15) is 0 Å². The van der Waals surface area contributed by atoms with E-state index in [1.165, 1.54) is 10.8 Å². The van der Waals surface area contributed by atoms with Crippen molar-refractivity contribution in [3.8, 4) is 5.75 Å². The molecule has 1 N–H and O–H groups in total. The lowest BCUT2D eigenvalue weighted by atomic mass is 10.1. The Bertz CT molecular complexity index is 493. The number of hydrogen-bond acceptors (Lipinski definition) is 2. The third kappa shape index (κ3) is 3.74. The van der Waals surface area contributed by atoms with Crippen molar-refractivity contribution < 1.29 is 4.74 Å². The van der Waals surface area contributed by atoms with E-state index in [1.807, 2.05) is 6.07 Å². The first kappa shape index (κ1) is 12.9. The van der Waals surface area contributed by atoms with Crippen LogP contribution < -0.4 is 10.1 Å². The SMILES string of the molecule is CC(C)CNCCOc1ccc2ccccc2c1. The average molecular weight is 243 g/mol. The standard InChI is InChI=1S/C16H21NO/c1-13(2)12-17-9-10-18-16-8-7-14-5-3-4-6-15(14)11-16/h3-8,11,13,17H,9-10,12H2,1-2H3. The fourth-order valence-corrected chi connectivity index (χ4v) is 1.89. The maximum atomic E-state index is 5.73. The molecule has 0 aliphatic rings. The van der Waals surface area contributed by atoms with Gasteiger partial charge < -0.3 is 10.1 Å². The first-order valence-electron chi connectivity index (χ1n) is 6.58. The van der Waals surface area contributed by atoms with Crippen LogP contribution in [0.3, 0.4) is 0 Å². The van der Waals surface area contributed by atoms with Gasteiger partial charge in [0.15, 0.2) is 0 Å². The number of ether oxygens (including phenoxy) is 1. The van der Waals surface area contributed by atoms with Crippen LogP contribution in [-0.4, -0.2) is 19.7 Å². The van der Waals surface area contributed by atoms with Crippen LogP contribution in [0.2, 0.25) is 0 Å². The van der Waals surface area contributed by atoms with Crippen molar-refractivity contribution in [2.45, 2.75) is 13.8 Å². The summed E-state index contributed by atoms with van der Waals surface area (Å²) in [6.07, 6.45) is 0. The van der Waals surface area contributed by atoms with Gasteiger partial charge >= 0.3 is 0 Å². The Morgan fingerprint density at radius 1 is 1.06 bits per heavy atom. The maximum absolute atomic E-state index is 5.73. The van der Waals surface area contributed by atoms with Gasteiger partial charge in [-0.1, -0.05) is 44.2 Å². The molecule has 0 radical (unpaired) electrons. The topological polar surface area (TPSA) is 21.3 Å². The first-order chi connectivity index (χ1) is 8.75. The van der Waals surface area contributed by atoms with Crippen LogP contribution in [0.4, 0.5) is 0 Å². The van der Waals surface area contributed by atoms with Gasteiger partial charge in [0.05, 0.1) is 0 Å². The third-order valence-corrected chi connectivity index (χ3v) is 2.82. The second-order valence-corrected chi connectivity index (χ2v) is 4.96. The second kappa shape index (κ2) is 6.41. The van der Waals surface area contributed by atoms with Gasteiger partial charge in [0.1, 0.15) is 12.4 Å². The quantitative estimate of drug-likeness (QED) is 0.784. The average Bonchev–Trinajstić information content (AvgIpc) is 2.38. The summed E-state index contributed by atoms with van der Waals surface area (Å²) in [4.78, 5) is 0. The van der Waals surface area contributed by atoms with Crippen LogP contribution in [0.15, 0.2) is 42.5 Å². The van der Waals surface area contributed by atoms with Crippen molar-refractivity contribution >= 4 is 10.8 Å². The lowest BCUT2D eigenvalue weighted by molar-refractivity contribution is 0.311. The van der Waals surface area contributed by atoms with Gasteiger partial charge in [0.2, 0.25) is 0 Å². The van der Waals surface area contributed by atoms with Gasteiger partial charge in [0, 0.05) is 6.54 Å². The van der Waals surface area contributed by atoms with E-state index in [4.69, 9.17) is 4.74 Å². The highest BCUT2D eigenvalue weighted by Crippen LogP contribution is 2.20. The molecule has 2 aromatic rings. The predicted molar refractivity (Wildman–Crippen MR) is 77.2 cm³/mol. The van der Waals surface area contributed by atoms with Crippen LogP contribution in [0.1, 0.15) is 13.8 Å². The maximum Gasteiger partial charge on any atom is 0.120 e. The summed E-state index contributed by atoms with van der Waals surface area (Å²) < 4.78 is 5.73. The molecule has 0 unspecified atom stereocenters. The van der Waals surface area contributed by atoms with E-state index in [0.717, 1.165) is 18.8 Å². The van der Waals surface area contributed by atoms with E-state index in [2.05, 4.69) is 55.6 Å². The van der Waals surface area contributed by atoms with E-state index < -0.39 is 0 Å². The molecule has 2 heteroatoms. The lowest BCUT2D eigenvalue weighted by Gasteiger charge is -2.09. The highest BCUT2D eigenvalue weighted by Gasteiger charge is 1.97. The van der Waals surface area contributed by atoms with Crippen molar-refractivity contribution in [1.29, 1.82) is 0 Å². The molecule has 0 saturated heterocycles. The number of nitrogens with one attached hydrogen (secondary N) is 1. The summed E-state index contributed by atoms with van der Waals surface area (Å²) in [6.45, 7) is 7.06.